The van der Waals surface area contributed by atoms with Gasteiger partial charge in [0.25, 0.3) is 0 Å². The molecule has 0 spiro atoms. The largest absolute Gasteiger partial charge is 1.00 e. The Labute approximate surface area is 207 Å². The fourth-order valence-corrected chi connectivity index (χ4v) is 4.94. The standard InChI is InChI=1S/C25H24FNO4.Na/c26-14-7-8-16-18(9-14)19(22(29)10-15(28)11-23(30)31)12-20-24(16)17-3-1-2-4-21(17)27-25(20)13-5-6-13;/h1-4,7-9,13,15,19,22,28-29H,5-6,10-12H2,(H,30,31);/q;+1/p-1/t15-,19?,22+;/m1./s1. The molecule has 0 aliphatic heterocycles. The number of aliphatic hydroxyl groups is 2. The molecule has 3 aromatic rings. The first-order chi connectivity index (χ1) is 14.9. The monoisotopic (exact) mass is 443 g/mol. The Hall–Kier alpha value is -1.83. The van der Waals surface area contributed by atoms with Gasteiger partial charge in [0.05, 0.1) is 17.7 Å². The van der Waals surface area contributed by atoms with Crippen molar-refractivity contribution in [1.82, 2.24) is 4.98 Å². The minimum Gasteiger partial charge on any atom is -0.550 e. The molecule has 3 atom stereocenters. The van der Waals surface area contributed by atoms with Gasteiger partial charge in [-0.2, -0.15) is 0 Å². The van der Waals surface area contributed by atoms with E-state index >= 15 is 0 Å². The molecule has 0 amide bonds. The third-order valence-electron chi connectivity index (χ3n) is 6.48. The fourth-order valence-electron chi connectivity index (χ4n) is 4.94. The maximum absolute atomic E-state index is 14.2. The normalized spacial score (nSPS) is 18.9. The minimum absolute atomic E-state index is 0. The molecule has 2 aromatic carbocycles. The SMILES string of the molecule is O=C([O-])C[C@H](O)C[C@H](O)C1Cc2c(C3CC3)nc3ccccc3c2-c2ccc(F)cc21.[Na+]. The van der Waals surface area contributed by atoms with Crippen molar-refractivity contribution in [1.29, 1.82) is 0 Å². The second-order valence-electron chi connectivity index (χ2n) is 8.72. The van der Waals surface area contributed by atoms with Crippen LogP contribution in [0.3, 0.4) is 0 Å². The van der Waals surface area contributed by atoms with Crippen molar-refractivity contribution < 1.29 is 54.1 Å². The molecule has 32 heavy (non-hydrogen) atoms. The number of halogens is 1. The number of fused-ring (bicyclic) bond motifs is 5. The minimum atomic E-state index is -1.37. The van der Waals surface area contributed by atoms with Crippen molar-refractivity contribution in [3.63, 3.8) is 0 Å². The molecular formula is C25H23FNNaO4. The van der Waals surface area contributed by atoms with Crippen molar-refractivity contribution in [2.24, 2.45) is 0 Å². The molecule has 0 saturated heterocycles. The number of aliphatic hydroxyl groups excluding tert-OH is 2. The molecule has 160 valence electrons. The van der Waals surface area contributed by atoms with Crippen LogP contribution >= 0.6 is 0 Å². The third kappa shape index (κ3) is 4.35. The van der Waals surface area contributed by atoms with Crippen LogP contribution in [0.1, 0.15) is 54.3 Å². The third-order valence-corrected chi connectivity index (χ3v) is 6.48. The number of aromatic nitrogens is 1. The molecule has 0 bridgehead atoms. The van der Waals surface area contributed by atoms with E-state index < -0.39 is 36.3 Å². The van der Waals surface area contributed by atoms with Gasteiger partial charge in [-0.25, -0.2) is 4.39 Å². The Morgan fingerprint density at radius 3 is 2.66 bits per heavy atom. The summed E-state index contributed by atoms with van der Waals surface area (Å²) < 4.78 is 14.2. The predicted octanol–water partition coefficient (Wildman–Crippen LogP) is -0.186. The number of carbonyl (C=O) groups excluding carboxylic acids is 1. The van der Waals surface area contributed by atoms with E-state index in [-0.39, 0.29) is 36.0 Å². The van der Waals surface area contributed by atoms with Crippen LogP contribution in [0, 0.1) is 5.82 Å². The van der Waals surface area contributed by atoms with Crippen LogP contribution in [0.5, 0.6) is 0 Å². The molecule has 0 radical (unpaired) electrons. The summed E-state index contributed by atoms with van der Waals surface area (Å²) >= 11 is 0. The van der Waals surface area contributed by atoms with Crippen LogP contribution < -0.4 is 34.7 Å². The first-order valence-electron chi connectivity index (χ1n) is 10.7. The van der Waals surface area contributed by atoms with E-state index in [4.69, 9.17) is 4.98 Å². The number of carbonyl (C=O) groups is 1. The van der Waals surface area contributed by atoms with Crippen LogP contribution in [0.25, 0.3) is 22.0 Å². The number of nitrogens with zero attached hydrogens (tertiary/aromatic N) is 1. The van der Waals surface area contributed by atoms with E-state index in [1.54, 1.807) is 6.07 Å². The first kappa shape index (κ1) is 23.3. The van der Waals surface area contributed by atoms with Gasteiger partial charge in [-0.15, -0.1) is 0 Å². The average molecular weight is 443 g/mol. The zero-order valence-electron chi connectivity index (χ0n) is 17.9. The molecule has 1 fully saturated rings. The first-order valence-corrected chi connectivity index (χ1v) is 10.7. The summed E-state index contributed by atoms with van der Waals surface area (Å²) in [4.78, 5) is 15.8. The van der Waals surface area contributed by atoms with E-state index in [2.05, 4.69) is 0 Å². The van der Waals surface area contributed by atoms with Gasteiger partial charge in [0.1, 0.15) is 5.82 Å². The van der Waals surface area contributed by atoms with E-state index in [1.807, 2.05) is 24.3 Å². The van der Waals surface area contributed by atoms with E-state index in [0.29, 0.717) is 17.9 Å². The number of benzene rings is 2. The quantitative estimate of drug-likeness (QED) is 0.516. The number of hydrogen-bond acceptors (Lipinski definition) is 5. The number of carboxylic acid groups (broad SMARTS) is 1. The molecule has 5 nitrogen and oxygen atoms in total. The molecular weight excluding hydrogens is 420 g/mol. The molecule has 2 aliphatic carbocycles. The average Bonchev–Trinajstić information content (AvgIpc) is 3.56. The molecule has 2 aliphatic rings. The van der Waals surface area contributed by atoms with Crippen molar-refractivity contribution in [2.75, 3.05) is 0 Å². The smallest absolute Gasteiger partial charge is 0.550 e. The molecule has 5 rings (SSSR count). The summed E-state index contributed by atoms with van der Waals surface area (Å²) in [6, 6.07) is 12.5. The zero-order chi connectivity index (χ0) is 21.7. The van der Waals surface area contributed by atoms with Crippen LogP contribution in [0.2, 0.25) is 0 Å². The summed E-state index contributed by atoms with van der Waals surface area (Å²) in [5.74, 6) is -1.83. The number of para-hydroxylation sites is 1. The summed E-state index contributed by atoms with van der Waals surface area (Å²) in [6.45, 7) is 0. The van der Waals surface area contributed by atoms with Crippen molar-refractivity contribution >= 4 is 16.9 Å². The maximum Gasteiger partial charge on any atom is 1.00 e. The van der Waals surface area contributed by atoms with Gasteiger partial charge in [-0.3, -0.25) is 4.98 Å². The molecule has 1 saturated carbocycles. The maximum atomic E-state index is 14.2. The summed E-state index contributed by atoms with van der Waals surface area (Å²) in [5, 5.41) is 32.8. The molecule has 1 aromatic heterocycles. The van der Waals surface area contributed by atoms with E-state index in [9.17, 15) is 24.5 Å². The van der Waals surface area contributed by atoms with Gasteiger partial charge in [0.15, 0.2) is 0 Å². The van der Waals surface area contributed by atoms with Gasteiger partial charge in [-0.05, 0) is 59.7 Å². The van der Waals surface area contributed by atoms with Crippen LogP contribution in [0.15, 0.2) is 42.5 Å². The van der Waals surface area contributed by atoms with Gasteiger partial charge < -0.3 is 20.1 Å². The van der Waals surface area contributed by atoms with Gasteiger partial charge in [0, 0.05) is 41.7 Å². The summed E-state index contributed by atoms with van der Waals surface area (Å²) in [7, 11) is 0. The Bertz CT molecular complexity index is 1180. The van der Waals surface area contributed by atoms with Crippen molar-refractivity contribution in [3.05, 3.63) is 65.1 Å². The van der Waals surface area contributed by atoms with E-state index in [0.717, 1.165) is 46.1 Å². The van der Waals surface area contributed by atoms with Gasteiger partial charge in [-0.1, -0.05) is 24.3 Å². The van der Waals surface area contributed by atoms with Gasteiger partial charge >= 0.3 is 29.6 Å². The molecule has 1 heterocycles. The Morgan fingerprint density at radius 1 is 1.19 bits per heavy atom. The topological polar surface area (TPSA) is 93.5 Å². The predicted molar refractivity (Wildman–Crippen MR) is 112 cm³/mol. The zero-order valence-corrected chi connectivity index (χ0v) is 19.9. The number of pyridine rings is 1. The van der Waals surface area contributed by atoms with Crippen LogP contribution in [-0.2, 0) is 11.2 Å². The van der Waals surface area contributed by atoms with E-state index in [1.165, 1.54) is 12.1 Å². The van der Waals surface area contributed by atoms with Crippen LogP contribution in [0.4, 0.5) is 4.39 Å². The number of rotatable bonds is 6. The Kier molecular flexibility index (Phi) is 6.71. The molecule has 7 heteroatoms. The van der Waals surface area contributed by atoms with Crippen molar-refractivity contribution in [2.45, 2.75) is 56.1 Å². The number of hydrogen-bond donors (Lipinski definition) is 2. The Morgan fingerprint density at radius 2 is 1.94 bits per heavy atom. The van der Waals surface area contributed by atoms with Crippen molar-refractivity contribution in [3.8, 4) is 11.1 Å². The molecule has 1 unspecified atom stereocenters. The number of carboxylic acids is 1. The Balaban J connectivity index is 0.00000245. The van der Waals surface area contributed by atoms with Crippen LogP contribution in [-0.4, -0.2) is 33.4 Å². The number of aliphatic carboxylic acids is 1. The molecule has 2 N–H and O–H groups in total. The van der Waals surface area contributed by atoms with Gasteiger partial charge in [0.2, 0.25) is 0 Å². The fraction of sp³-hybridized carbons (Fsp3) is 0.360. The summed E-state index contributed by atoms with van der Waals surface area (Å²) in [6.07, 6.45) is -0.302. The summed E-state index contributed by atoms with van der Waals surface area (Å²) in [5.41, 5.74) is 5.60. The second-order valence-corrected chi connectivity index (χ2v) is 8.72. The second kappa shape index (κ2) is 9.20.